The number of nitrogens with one attached hydrogen (secondary N) is 1. The highest BCUT2D eigenvalue weighted by Crippen LogP contribution is 2.33. The van der Waals surface area contributed by atoms with Crippen LogP contribution in [0.25, 0.3) is 33.2 Å². The molecule has 0 amide bonds. The predicted octanol–water partition coefficient (Wildman–Crippen LogP) is 4.94. The van der Waals surface area contributed by atoms with E-state index < -0.39 is 6.10 Å². The minimum absolute atomic E-state index is 0.446. The second-order valence-corrected chi connectivity index (χ2v) is 8.72. The van der Waals surface area contributed by atoms with Crippen LogP contribution in [-0.2, 0) is 13.6 Å². The lowest BCUT2D eigenvalue weighted by Crippen LogP contribution is -2.11. The molecule has 0 aliphatic heterocycles. The topological polar surface area (TPSA) is 90.0 Å². The number of hydrogen-bond donors (Lipinski definition) is 2. The summed E-state index contributed by atoms with van der Waals surface area (Å²) in [7, 11) is 3.66. The van der Waals surface area contributed by atoms with E-state index in [1.165, 1.54) is 0 Å². The molecular weight excluding hydrogens is 440 g/mol. The molecule has 3 aromatic heterocycles. The van der Waals surface area contributed by atoms with Crippen LogP contribution in [0.1, 0.15) is 12.7 Å². The first kappa shape index (κ1) is 22.6. The smallest absolute Gasteiger partial charge is 0.143 e. The van der Waals surface area contributed by atoms with Crippen molar-refractivity contribution in [2.45, 2.75) is 26.5 Å². The summed E-state index contributed by atoms with van der Waals surface area (Å²) < 4.78 is 9.48. The first-order valence-corrected chi connectivity index (χ1v) is 11.5. The zero-order chi connectivity index (χ0) is 24.5. The number of aliphatic hydroxyl groups is 1. The van der Waals surface area contributed by atoms with E-state index in [1.807, 2.05) is 63.0 Å². The van der Waals surface area contributed by atoms with Crippen LogP contribution in [-0.4, -0.2) is 42.6 Å². The van der Waals surface area contributed by atoms with E-state index in [4.69, 9.17) is 4.74 Å². The maximum absolute atomic E-state index is 9.61. The lowest BCUT2D eigenvalue weighted by Gasteiger charge is -2.13. The number of nitrogens with zero attached hydrogens (tertiary/aromatic N) is 5. The lowest BCUT2D eigenvalue weighted by atomic mass is 10.0. The Bertz CT molecular complexity index is 1500. The molecule has 2 aromatic carbocycles. The molecule has 0 saturated carbocycles. The summed E-state index contributed by atoms with van der Waals surface area (Å²) in [6, 6.07) is 14.3. The summed E-state index contributed by atoms with van der Waals surface area (Å²) in [6.07, 6.45) is 7.05. The number of methoxy groups -OCH3 is 1. The number of hydrogen-bond acceptors (Lipinski definition) is 6. The summed E-state index contributed by atoms with van der Waals surface area (Å²) in [5, 5.41) is 19.5. The van der Waals surface area contributed by atoms with Gasteiger partial charge in [0.2, 0.25) is 0 Å². The number of benzene rings is 2. The van der Waals surface area contributed by atoms with Crippen molar-refractivity contribution in [2.75, 3.05) is 12.4 Å². The number of aryl methyl sites for hydroxylation is 1. The number of anilines is 2. The van der Waals surface area contributed by atoms with Crippen LogP contribution in [0.2, 0.25) is 0 Å². The Morgan fingerprint density at radius 1 is 0.971 bits per heavy atom. The minimum atomic E-state index is -0.446. The fourth-order valence-corrected chi connectivity index (χ4v) is 4.13. The van der Waals surface area contributed by atoms with Gasteiger partial charge >= 0.3 is 0 Å². The standard InChI is InChI=1S/C27H28N6O2/c1-17(34)15-33-16-23(13-30-33)19-5-6-21-12-29-27(11-22(21)9-19)31-24-8-7-20(10-26(24)35-4)25-14-28-18(2)32(25)3/h5-14,16-17,34H,15H2,1-4H3,(H,29,31)/t17-/m1/s1. The molecule has 3 heterocycles. The molecule has 0 fully saturated rings. The molecule has 8 nitrogen and oxygen atoms in total. The van der Waals surface area contributed by atoms with Crippen molar-refractivity contribution < 1.29 is 9.84 Å². The molecule has 0 radical (unpaired) electrons. The van der Waals surface area contributed by atoms with Crippen molar-refractivity contribution in [3.05, 3.63) is 73.1 Å². The molecule has 178 valence electrons. The number of rotatable bonds is 7. The fraction of sp³-hybridized carbons (Fsp3) is 0.222. The summed E-state index contributed by atoms with van der Waals surface area (Å²) in [4.78, 5) is 8.98. The monoisotopic (exact) mass is 468 g/mol. The summed E-state index contributed by atoms with van der Waals surface area (Å²) in [6.45, 7) is 4.20. The molecule has 8 heteroatoms. The summed E-state index contributed by atoms with van der Waals surface area (Å²) in [5.74, 6) is 2.40. The molecule has 0 aliphatic carbocycles. The number of fused-ring (bicyclic) bond motifs is 1. The van der Waals surface area contributed by atoms with Gasteiger partial charge in [-0.15, -0.1) is 0 Å². The van der Waals surface area contributed by atoms with E-state index in [0.29, 0.717) is 6.54 Å². The summed E-state index contributed by atoms with van der Waals surface area (Å²) >= 11 is 0. The SMILES string of the molecule is COc1cc(-c2cnc(C)n2C)ccc1Nc1cc2cc(-c3cnn(C[C@@H](C)O)c3)ccc2cn1. The Hall–Kier alpha value is -4.17. The van der Waals surface area contributed by atoms with Crippen LogP contribution >= 0.6 is 0 Å². The van der Waals surface area contributed by atoms with Gasteiger partial charge in [-0.2, -0.15) is 5.10 Å². The number of imidazole rings is 1. The van der Waals surface area contributed by atoms with E-state index in [2.05, 4.69) is 43.1 Å². The van der Waals surface area contributed by atoms with Crippen LogP contribution in [0, 0.1) is 6.92 Å². The third-order valence-electron chi connectivity index (χ3n) is 6.12. The van der Waals surface area contributed by atoms with Crippen molar-refractivity contribution in [3.63, 3.8) is 0 Å². The maximum Gasteiger partial charge on any atom is 0.143 e. The molecule has 0 saturated heterocycles. The molecule has 0 spiro atoms. The fourth-order valence-electron chi connectivity index (χ4n) is 4.13. The number of pyridine rings is 1. The van der Waals surface area contributed by atoms with E-state index >= 15 is 0 Å². The molecule has 0 unspecified atom stereocenters. The Morgan fingerprint density at radius 3 is 2.54 bits per heavy atom. The van der Waals surface area contributed by atoms with Gasteiger partial charge in [-0.05, 0) is 49.1 Å². The van der Waals surface area contributed by atoms with Gasteiger partial charge in [-0.1, -0.05) is 18.2 Å². The predicted molar refractivity (Wildman–Crippen MR) is 138 cm³/mol. The zero-order valence-electron chi connectivity index (χ0n) is 20.2. The van der Waals surface area contributed by atoms with Gasteiger partial charge < -0.3 is 19.7 Å². The van der Waals surface area contributed by atoms with E-state index in [9.17, 15) is 5.11 Å². The normalized spacial score (nSPS) is 12.1. The zero-order valence-corrected chi connectivity index (χ0v) is 20.2. The minimum Gasteiger partial charge on any atom is -0.495 e. The van der Waals surface area contributed by atoms with Crippen LogP contribution in [0.5, 0.6) is 5.75 Å². The molecule has 5 aromatic rings. The third-order valence-corrected chi connectivity index (χ3v) is 6.12. The summed E-state index contributed by atoms with van der Waals surface area (Å²) in [5.41, 5.74) is 4.95. The number of aromatic nitrogens is 5. The van der Waals surface area contributed by atoms with Crippen molar-refractivity contribution in [1.82, 2.24) is 24.3 Å². The van der Waals surface area contributed by atoms with E-state index in [-0.39, 0.29) is 0 Å². The quantitative estimate of drug-likeness (QED) is 0.352. The Labute approximate surface area is 203 Å². The van der Waals surface area contributed by atoms with Gasteiger partial charge in [0.1, 0.15) is 17.4 Å². The Kier molecular flexibility index (Phi) is 5.96. The van der Waals surface area contributed by atoms with Crippen molar-refractivity contribution in [2.24, 2.45) is 7.05 Å². The van der Waals surface area contributed by atoms with Crippen LogP contribution in [0.4, 0.5) is 11.5 Å². The molecular formula is C27H28N6O2. The second-order valence-electron chi connectivity index (χ2n) is 8.72. The van der Waals surface area contributed by atoms with E-state index in [0.717, 1.165) is 56.2 Å². The lowest BCUT2D eigenvalue weighted by molar-refractivity contribution is 0.168. The first-order valence-electron chi connectivity index (χ1n) is 11.5. The van der Waals surface area contributed by atoms with Gasteiger partial charge in [0.25, 0.3) is 0 Å². The number of aliphatic hydroxyl groups excluding tert-OH is 1. The molecule has 0 bridgehead atoms. The van der Waals surface area contributed by atoms with Gasteiger partial charge in [-0.25, -0.2) is 9.97 Å². The van der Waals surface area contributed by atoms with Crippen LogP contribution in [0.15, 0.2) is 67.3 Å². The van der Waals surface area contributed by atoms with Crippen molar-refractivity contribution in [3.8, 4) is 28.1 Å². The van der Waals surface area contributed by atoms with Gasteiger partial charge in [-0.3, -0.25) is 4.68 Å². The third kappa shape index (κ3) is 4.61. The van der Waals surface area contributed by atoms with Crippen molar-refractivity contribution >= 4 is 22.3 Å². The highest BCUT2D eigenvalue weighted by atomic mass is 16.5. The first-order chi connectivity index (χ1) is 16.9. The Balaban J connectivity index is 1.43. The molecule has 35 heavy (non-hydrogen) atoms. The number of ether oxygens (including phenoxy) is 1. The molecule has 5 rings (SSSR count). The van der Waals surface area contributed by atoms with Gasteiger partial charge in [0, 0.05) is 36.0 Å². The van der Waals surface area contributed by atoms with Crippen LogP contribution in [0.3, 0.4) is 0 Å². The Morgan fingerprint density at radius 2 is 1.80 bits per heavy atom. The van der Waals surface area contributed by atoms with Crippen LogP contribution < -0.4 is 10.1 Å². The van der Waals surface area contributed by atoms with Crippen molar-refractivity contribution in [1.29, 1.82) is 0 Å². The molecule has 0 aliphatic rings. The van der Waals surface area contributed by atoms with E-state index in [1.54, 1.807) is 18.7 Å². The average Bonchev–Trinajstić information content (AvgIpc) is 3.45. The largest absolute Gasteiger partial charge is 0.495 e. The van der Waals surface area contributed by atoms with Gasteiger partial charge in [0.15, 0.2) is 0 Å². The highest BCUT2D eigenvalue weighted by Gasteiger charge is 2.11. The maximum atomic E-state index is 9.61. The molecule has 1 atom stereocenters. The average molecular weight is 469 g/mol. The molecule has 2 N–H and O–H groups in total. The highest BCUT2D eigenvalue weighted by molar-refractivity contribution is 5.89. The van der Waals surface area contributed by atoms with Gasteiger partial charge in [0.05, 0.1) is 43.5 Å². The second kappa shape index (κ2) is 9.23.